The lowest BCUT2D eigenvalue weighted by Crippen LogP contribution is -2.01. The maximum absolute atomic E-state index is 13.0. The van der Waals surface area contributed by atoms with E-state index < -0.39 is 0 Å². The number of benzene rings is 1. The molecule has 1 aromatic carbocycles. The summed E-state index contributed by atoms with van der Waals surface area (Å²) in [6.45, 7) is 0.680. The first-order valence-corrected chi connectivity index (χ1v) is 7.00. The van der Waals surface area contributed by atoms with E-state index in [9.17, 15) is 4.39 Å². The van der Waals surface area contributed by atoms with Gasteiger partial charge >= 0.3 is 0 Å². The first kappa shape index (κ1) is 14.0. The second-order valence-corrected chi connectivity index (χ2v) is 4.71. The topological polar surface area (TPSA) is 30.7 Å². The van der Waals surface area contributed by atoms with Crippen LogP contribution in [-0.4, -0.2) is 14.8 Å². The molecule has 0 aliphatic carbocycles. The lowest BCUT2D eigenvalue weighted by molar-refractivity contribution is 0.626. The smallest absolute Gasteiger partial charge is 0.123 e. The molecule has 0 saturated carbocycles. The zero-order valence-electron chi connectivity index (χ0n) is 11.9. The van der Waals surface area contributed by atoms with Crippen molar-refractivity contribution >= 4 is 0 Å². The molecule has 2 heterocycles. The van der Waals surface area contributed by atoms with Gasteiger partial charge < -0.3 is 0 Å². The molecule has 0 aliphatic rings. The van der Waals surface area contributed by atoms with Gasteiger partial charge in [0, 0.05) is 18.8 Å². The van der Waals surface area contributed by atoms with Crippen molar-refractivity contribution in [2.75, 3.05) is 0 Å². The molecule has 0 atom stereocenters. The van der Waals surface area contributed by atoms with E-state index in [4.69, 9.17) is 0 Å². The third-order valence-corrected chi connectivity index (χ3v) is 3.19. The third kappa shape index (κ3) is 3.39. The van der Waals surface area contributed by atoms with E-state index in [1.807, 2.05) is 28.9 Å². The van der Waals surface area contributed by atoms with Gasteiger partial charge in [0.25, 0.3) is 0 Å². The number of nitrogens with zero attached hydrogens (tertiary/aromatic N) is 3. The quantitative estimate of drug-likeness (QED) is 0.691. The first-order valence-electron chi connectivity index (χ1n) is 7.00. The van der Waals surface area contributed by atoms with Crippen molar-refractivity contribution in [1.82, 2.24) is 14.8 Å². The summed E-state index contributed by atoms with van der Waals surface area (Å²) in [7, 11) is 0. The average molecular weight is 291 g/mol. The van der Waals surface area contributed by atoms with Gasteiger partial charge in [-0.3, -0.25) is 4.68 Å². The Kier molecular flexibility index (Phi) is 4.26. The van der Waals surface area contributed by atoms with Gasteiger partial charge in [0.05, 0.1) is 12.2 Å². The maximum Gasteiger partial charge on any atom is 0.123 e. The van der Waals surface area contributed by atoms with Crippen LogP contribution in [-0.2, 0) is 6.54 Å². The van der Waals surface area contributed by atoms with E-state index in [1.54, 1.807) is 24.5 Å². The lowest BCUT2D eigenvalue weighted by atomic mass is 10.1. The second kappa shape index (κ2) is 6.68. The predicted octanol–water partition coefficient (Wildman–Crippen LogP) is 3.53. The molecule has 0 radical (unpaired) electrons. The monoisotopic (exact) mass is 291 g/mol. The molecule has 0 N–H and O–H groups in total. The van der Waals surface area contributed by atoms with Gasteiger partial charge in [-0.15, -0.1) is 0 Å². The molecular weight excluding hydrogens is 277 g/mol. The van der Waals surface area contributed by atoms with Crippen molar-refractivity contribution in [3.05, 3.63) is 72.4 Å². The van der Waals surface area contributed by atoms with Crippen molar-refractivity contribution < 1.29 is 4.39 Å². The summed E-state index contributed by atoms with van der Waals surface area (Å²) in [5.74, 6) is 5.88. The molecule has 3 nitrogen and oxygen atoms in total. The highest BCUT2D eigenvalue weighted by molar-refractivity contribution is 5.58. The molecular formula is C18H14FN3. The normalized spacial score (nSPS) is 10.0. The van der Waals surface area contributed by atoms with E-state index in [2.05, 4.69) is 21.9 Å². The highest BCUT2D eigenvalue weighted by Gasteiger charge is 2.04. The number of halogens is 1. The van der Waals surface area contributed by atoms with Crippen LogP contribution in [0.4, 0.5) is 4.39 Å². The van der Waals surface area contributed by atoms with Crippen molar-refractivity contribution in [3.63, 3.8) is 0 Å². The van der Waals surface area contributed by atoms with Crippen molar-refractivity contribution in [2.24, 2.45) is 0 Å². The zero-order valence-corrected chi connectivity index (χ0v) is 11.9. The van der Waals surface area contributed by atoms with Crippen LogP contribution in [0.1, 0.15) is 12.1 Å². The molecule has 108 valence electrons. The van der Waals surface area contributed by atoms with Gasteiger partial charge in [0.2, 0.25) is 0 Å². The summed E-state index contributed by atoms with van der Waals surface area (Å²) < 4.78 is 14.9. The first-order chi connectivity index (χ1) is 10.8. The van der Waals surface area contributed by atoms with Gasteiger partial charge in [0.1, 0.15) is 11.5 Å². The van der Waals surface area contributed by atoms with Crippen molar-refractivity contribution in [1.29, 1.82) is 0 Å². The van der Waals surface area contributed by atoms with Gasteiger partial charge in [-0.2, -0.15) is 5.10 Å². The fraction of sp³-hybridized carbons (Fsp3) is 0.111. The number of hydrogen-bond acceptors (Lipinski definition) is 2. The van der Waals surface area contributed by atoms with Crippen LogP contribution in [0.25, 0.3) is 11.3 Å². The highest BCUT2D eigenvalue weighted by atomic mass is 19.1. The fourth-order valence-electron chi connectivity index (χ4n) is 2.13. The number of pyridine rings is 1. The zero-order chi connectivity index (χ0) is 15.2. The minimum absolute atomic E-state index is 0.240. The van der Waals surface area contributed by atoms with Crippen LogP contribution in [0.3, 0.4) is 0 Å². The Morgan fingerprint density at radius 2 is 1.86 bits per heavy atom. The Balaban J connectivity index is 1.68. The molecule has 0 spiro atoms. The van der Waals surface area contributed by atoms with Crippen LogP contribution in [0.5, 0.6) is 0 Å². The van der Waals surface area contributed by atoms with E-state index in [0.717, 1.165) is 17.0 Å². The van der Waals surface area contributed by atoms with Gasteiger partial charge in [-0.25, -0.2) is 9.37 Å². The molecule has 22 heavy (non-hydrogen) atoms. The fourth-order valence-corrected chi connectivity index (χ4v) is 2.13. The number of aryl methyl sites for hydroxylation is 1. The molecule has 3 rings (SSSR count). The van der Waals surface area contributed by atoms with Crippen LogP contribution in [0.15, 0.2) is 60.9 Å². The molecule has 2 aromatic heterocycles. The molecule has 3 aromatic rings. The summed E-state index contributed by atoms with van der Waals surface area (Å²) in [6.07, 6.45) is 4.14. The summed E-state index contributed by atoms with van der Waals surface area (Å²) in [5, 5.41) is 4.30. The summed E-state index contributed by atoms with van der Waals surface area (Å²) in [6, 6.07) is 14.0. The molecule has 0 fully saturated rings. The highest BCUT2D eigenvalue weighted by Crippen LogP contribution is 2.19. The van der Waals surface area contributed by atoms with Crippen molar-refractivity contribution in [2.45, 2.75) is 13.0 Å². The van der Waals surface area contributed by atoms with Crippen molar-refractivity contribution in [3.8, 4) is 23.1 Å². The largest absolute Gasteiger partial charge is 0.264 e. The van der Waals surface area contributed by atoms with Crippen LogP contribution < -0.4 is 0 Å². The Morgan fingerprint density at radius 3 is 2.64 bits per heavy atom. The molecule has 0 bridgehead atoms. The summed E-state index contributed by atoms with van der Waals surface area (Å²) in [4.78, 5) is 4.16. The molecule has 0 saturated heterocycles. The third-order valence-electron chi connectivity index (χ3n) is 3.19. The average Bonchev–Trinajstić information content (AvgIpc) is 3.02. The summed E-state index contributed by atoms with van der Waals surface area (Å²) in [5.41, 5.74) is 2.66. The van der Waals surface area contributed by atoms with Crippen LogP contribution >= 0.6 is 0 Å². The molecule has 0 amide bonds. The Morgan fingerprint density at radius 1 is 1.00 bits per heavy atom. The van der Waals surface area contributed by atoms with Gasteiger partial charge in [0.15, 0.2) is 0 Å². The lowest BCUT2D eigenvalue weighted by Gasteiger charge is -2.05. The second-order valence-electron chi connectivity index (χ2n) is 4.71. The SMILES string of the molecule is Fc1ccc(-c2ccnn2CCC#Cc2ccccn2)cc1. The van der Waals surface area contributed by atoms with Gasteiger partial charge in [-0.05, 0) is 53.9 Å². The standard InChI is InChI=1S/C18H14FN3/c19-16-9-7-15(8-10-16)18-11-13-21-22(18)14-4-2-6-17-5-1-3-12-20-17/h1,3,5,7-13H,4,14H2. The van der Waals surface area contributed by atoms with E-state index in [0.29, 0.717) is 13.0 Å². The Labute approximate surface area is 128 Å². The summed E-state index contributed by atoms with van der Waals surface area (Å²) >= 11 is 0. The van der Waals surface area contributed by atoms with Crippen LogP contribution in [0, 0.1) is 17.7 Å². The van der Waals surface area contributed by atoms with Gasteiger partial charge in [-0.1, -0.05) is 12.0 Å². The molecule has 0 unspecified atom stereocenters. The Hall–Kier alpha value is -2.93. The molecule has 0 aliphatic heterocycles. The van der Waals surface area contributed by atoms with E-state index >= 15 is 0 Å². The van der Waals surface area contributed by atoms with E-state index in [1.165, 1.54) is 12.1 Å². The Bertz CT molecular complexity index is 796. The number of hydrogen-bond donors (Lipinski definition) is 0. The minimum atomic E-state index is -0.240. The van der Waals surface area contributed by atoms with Crippen LogP contribution in [0.2, 0.25) is 0 Å². The maximum atomic E-state index is 13.0. The molecule has 4 heteroatoms. The van der Waals surface area contributed by atoms with E-state index in [-0.39, 0.29) is 5.82 Å². The predicted molar refractivity (Wildman–Crippen MR) is 83.4 cm³/mol. The minimum Gasteiger partial charge on any atom is -0.264 e. The number of aromatic nitrogens is 3. The number of rotatable bonds is 3.